The quantitative estimate of drug-likeness (QED) is 0.161. The highest BCUT2D eigenvalue weighted by Gasteiger charge is 2.38. The SMILES string of the molecule is CC[C@H]1C(=O)OCc2c1cc1n(c2=O)Cc2c-1nc1cc(F)c(C)c3c1c2[C@@H](NC(=O)OCc1ccc(NC(=O)[C@H](C)NC(=O)CC(C)C)cc1)CC3. The third-order valence-electron chi connectivity index (χ3n) is 10.4. The van der Waals surface area contributed by atoms with Crippen LogP contribution in [0.4, 0.5) is 14.9 Å². The van der Waals surface area contributed by atoms with Crippen LogP contribution in [-0.4, -0.2) is 39.5 Å². The molecule has 53 heavy (non-hydrogen) atoms. The van der Waals surface area contributed by atoms with Crippen molar-refractivity contribution >= 4 is 40.5 Å². The fourth-order valence-corrected chi connectivity index (χ4v) is 7.73. The number of fused-ring (bicyclic) bond motifs is 5. The van der Waals surface area contributed by atoms with Gasteiger partial charge in [-0.3, -0.25) is 19.2 Å². The molecule has 0 saturated carbocycles. The van der Waals surface area contributed by atoms with Crippen LogP contribution in [0, 0.1) is 18.7 Å². The molecule has 7 rings (SSSR count). The number of hydrogen-bond donors (Lipinski definition) is 3. The van der Waals surface area contributed by atoms with Crippen molar-refractivity contribution in [2.75, 3.05) is 5.32 Å². The van der Waals surface area contributed by atoms with Gasteiger partial charge in [0.15, 0.2) is 0 Å². The summed E-state index contributed by atoms with van der Waals surface area (Å²) in [5.41, 5.74) is 6.44. The molecular formula is C40H42FN5O7. The van der Waals surface area contributed by atoms with E-state index in [0.717, 1.165) is 22.1 Å². The molecule has 276 valence electrons. The molecule has 1 aliphatic carbocycles. The van der Waals surface area contributed by atoms with E-state index in [4.69, 9.17) is 14.5 Å². The van der Waals surface area contributed by atoms with E-state index >= 15 is 4.39 Å². The Morgan fingerprint density at radius 2 is 1.83 bits per heavy atom. The minimum absolute atomic E-state index is 0.0367. The first kappa shape index (κ1) is 35.8. The number of alkyl carbamates (subject to hydrolysis) is 1. The second-order valence-electron chi connectivity index (χ2n) is 14.5. The summed E-state index contributed by atoms with van der Waals surface area (Å²) in [6.07, 6.45) is 1.14. The zero-order valence-electron chi connectivity index (χ0n) is 30.4. The van der Waals surface area contributed by atoms with Crippen molar-refractivity contribution in [3.63, 3.8) is 0 Å². The molecule has 0 bridgehead atoms. The summed E-state index contributed by atoms with van der Waals surface area (Å²) < 4.78 is 27.8. The number of nitrogens with one attached hydrogen (secondary N) is 3. The number of nitrogens with zero attached hydrogens (tertiary/aromatic N) is 2. The molecule has 0 fully saturated rings. The highest BCUT2D eigenvalue weighted by atomic mass is 19.1. The first-order valence-corrected chi connectivity index (χ1v) is 18.0. The molecule has 4 heterocycles. The number of carbonyl (C=O) groups is 4. The minimum atomic E-state index is -0.709. The molecule has 0 spiro atoms. The maximum Gasteiger partial charge on any atom is 0.407 e. The second kappa shape index (κ2) is 14.1. The van der Waals surface area contributed by atoms with Gasteiger partial charge >= 0.3 is 12.1 Å². The lowest BCUT2D eigenvalue weighted by atomic mass is 9.81. The number of rotatable bonds is 9. The predicted octanol–water partition coefficient (Wildman–Crippen LogP) is 5.83. The van der Waals surface area contributed by atoms with E-state index in [-0.39, 0.29) is 54.8 Å². The number of anilines is 1. The minimum Gasteiger partial charge on any atom is -0.460 e. The van der Waals surface area contributed by atoms with Gasteiger partial charge in [0.1, 0.15) is 25.1 Å². The van der Waals surface area contributed by atoms with E-state index in [0.29, 0.717) is 70.5 Å². The van der Waals surface area contributed by atoms with Crippen LogP contribution in [0.5, 0.6) is 0 Å². The number of pyridine rings is 2. The van der Waals surface area contributed by atoms with Crippen LogP contribution in [-0.2, 0) is 50.0 Å². The summed E-state index contributed by atoms with van der Waals surface area (Å²) in [7, 11) is 0. The van der Waals surface area contributed by atoms with E-state index in [9.17, 15) is 24.0 Å². The Bertz CT molecular complexity index is 2250. The summed E-state index contributed by atoms with van der Waals surface area (Å²) in [6.45, 7) is 9.16. The monoisotopic (exact) mass is 723 g/mol. The maximum absolute atomic E-state index is 15.2. The van der Waals surface area contributed by atoms with Crippen molar-refractivity contribution < 1.29 is 33.0 Å². The van der Waals surface area contributed by atoms with Gasteiger partial charge in [-0.05, 0) is 85.0 Å². The van der Waals surface area contributed by atoms with Crippen LogP contribution in [0.25, 0.3) is 22.3 Å². The lowest BCUT2D eigenvalue weighted by Crippen LogP contribution is -2.41. The van der Waals surface area contributed by atoms with Gasteiger partial charge in [0.25, 0.3) is 5.56 Å². The van der Waals surface area contributed by atoms with Gasteiger partial charge in [0.05, 0.1) is 41.0 Å². The lowest BCUT2D eigenvalue weighted by Gasteiger charge is -2.29. The molecule has 0 unspecified atom stereocenters. The maximum atomic E-state index is 15.2. The fraction of sp³-hybridized carbons (Fsp3) is 0.400. The molecule has 3 aliphatic rings. The van der Waals surface area contributed by atoms with Gasteiger partial charge in [0.2, 0.25) is 11.8 Å². The number of benzene rings is 2. The van der Waals surface area contributed by atoms with Crippen LogP contribution >= 0.6 is 0 Å². The summed E-state index contributed by atoms with van der Waals surface area (Å²) >= 11 is 0. The zero-order chi connectivity index (χ0) is 37.7. The number of ether oxygens (including phenoxy) is 2. The smallest absolute Gasteiger partial charge is 0.407 e. The average molecular weight is 724 g/mol. The van der Waals surface area contributed by atoms with Crippen LogP contribution in [0.1, 0.15) is 97.9 Å². The summed E-state index contributed by atoms with van der Waals surface area (Å²) in [4.78, 5) is 69.3. The standard InChI is InChI=1S/C40H42FN5O7/c1-6-24-26-14-32-36-27(16-46(32)38(49)28(26)18-52-39(24)50)35-30(12-11-25-20(4)29(41)15-31(44-36)34(25)35)45-40(51)53-17-22-7-9-23(10-8-22)43-37(48)21(5)42-33(47)13-19(2)3/h7-10,14-15,19,21,24,30H,6,11-13,16-18H2,1-5H3,(H,42,47)(H,43,48)(H,45,51)/t21-,24+,30-/m0/s1. The molecule has 2 aromatic heterocycles. The number of halogens is 1. The van der Waals surface area contributed by atoms with Gasteiger partial charge in [0, 0.05) is 29.1 Å². The van der Waals surface area contributed by atoms with Crippen molar-refractivity contribution in [2.24, 2.45) is 5.92 Å². The van der Waals surface area contributed by atoms with Crippen molar-refractivity contribution in [3.05, 3.63) is 91.5 Å². The van der Waals surface area contributed by atoms with Crippen LogP contribution in [0.3, 0.4) is 0 Å². The van der Waals surface area contributed by atoms with E-state index in [1.165, 1.54) is 6.07 Å². The predicted molar refractivity (Wildman–Crippen MR) is 195 cm³/mol. The van der Waals surface area contributed by atoms with Crippen molar-refractivity contribution in [1.82, 2.24) is 20.2 Å². The molecule has 0 radical (unpaired) electrons. The number of aryl methyl sites for hydroxylation is 1. The molecule has 2 aliphatic heterocycles. The molecule has 3 N–H and O–H groups in total. The second-order valence-corrected chi connectivity index (χ2v) is 14.5. The van der Waals surface area contributed by atoms with Gasteiger partial charge in [-0.15, -0.1) is 0 Å². The van der Waals surface area contributed by atoms with E-state index < -0.39 is 24.1 Å². The first-order chi connectivity index (χ1) is 25.3. The lowest BCUT2D eigenvalue weighted by molar-refractivity contribution is -0.148. The molecule has 4 aromatic rings. The normalized spacial score (nSPS) is 17.4. The Hall–Kier alpha value is -5.59. The van der Waals surface area contributed by atoms with Gasteiger partial charge in [-0.2, -0.15) is 0 Å². The Balaban J connectivity index is 1.10. The van der Waals surface area contributed by atoms with Crippen molar-refractivity contribution in [2.45, 2.75) is 98.1 Å². The average Bonchev–Trinajstić information content (AvgIpc) is 3.48. The van der Waals surface area contributed by atoms with Crippen molar-refractivity contribution in [3.8, 4) is 11.4 Å². The first-order valence-electron chi connectivity index (χ1n) is 18.0. The Kier molecular flexibility index (Phi) is 9.52. The van der Waals surface area contributed by atoms with Gasteiger partial charge < -0.3 is 30.0 Å². The summed E-state index contributed by atoms with van der Waals surface area (Å²) in [6, 6.07) is 8.87. The molecule has 2 aromatic carbocycles. The molecule has 13 heteroatoms. The third-order valence-corrected chi connectivity index (χ3v) is 10.4. The van der Waals surface area contributed by atoms with Crippen LogP contribution < -0.4 is 21.5 Å². The Morgan fingerprint density at radius 3 is 2.55 bits per heavy atom. The highest BCUT2D eigenvalue weighted by molar-refractivity contribution is 5.97. The largest absolute Gasteiger partial charge is 0.460 e. The van der Waals surface area contributed by atoms with Crippen molar-refractivity contribution in [1.29, 1.82) is 0 Å². The Labute approximate surface area is 305 Å². The molecule has 0 saturated heterocycles. The number of cyclic esters (lactones) is 1. The number of amides is 3. The zero-order valence-corrected chi connectivity index (χ0v) is 30.4. The Morgan fingerprint density at radius 1 is 1.08 bits per heavy atom. The molecule has 12 nitrogen and oxygen atoms in total. The third kappa shape index (κ3) is 6.64. The van der Waals surface area contributed by atoms with Crippen LogP contribution in [0.15, 0.2) is 41.2 Å². The summed E-state index contributed by atoms with van der Waals surface area (Å²) in [5, 5.41) is 9.27. The summed E-state index contributed by atoms with van der Waals surface area (Å²) in [5.74, 6) is -1.67. The van der Waals surface area contributed by atoms with E-state index in [2.05, 4.69) is 16.0 Å². The van der Waals surface area contributed by atoms with Crippen LogP contribution in [0.2, 0.25) is 0 Å². The van der Waals surface area contributed by atoms with Gasteiger partial charge in [-0.25, -0.2) is 14.2 Å². The number of carbonyl (C=O) groups excluding carboxylic acids is 4. The molecule has 3 amide bonds. The molecule has 3 atom stereocenters. The van der Waals surface area contributed by atoms with Gasteiger partial charge in [-0.1, -0.05) is 32.9 Å². The van der Waals surface area contributed by atoms with E-state index in [1.807, 2.05) is 26.8 Å². The number of esters is 1. The number of aromatic nitrogens is 2. The van der Waals surface area contributed by atoms with E-state index in [1.54, 1.807) is 42.7 Å². The molecular weight excluding hydrogens is 681 g/mol. The topological polar surface area (TPSA) is 158 Å². The number of hydrogen-bond acceptors (Lipinski definition) is 8. The highest BCUT2D eigenvalue weighted by Crippen LogP contribution is 2.45. The fourth-order valence-electron chi connectivity index (χ4n) is 7.73.